The van der Waals surface area contributed by atoms with Crippen LogP contribution in [0.2, 0.25) is 0 Å². The highest BCUT2D eigenvalue weighted by atomic mass is 32.1. The predicted octanol–water partition coefficient (Wildman–Crippen LogP) is 2.09. The molecule has 0 aliphatic carbocycles. The normalized spacial score (nSPS) is 13.4. The van der Waals surface area contributed by atoms with Crippen molar-refractivity contribution in [2.45, 2.75) is 19.4 Å². The number of unbranched alkanes of at least 4 members (excludes halogenated alkanes) is 1. The molecular weight excluding hydrogens is 288 g/mol. The van der Waals surface area contributed by atoms with Crippen molar-refractivity contribution in [3.8, 4) is 22.8 Å². The van der Waals surface area contributed by atoms with Gasteiger partial charge in [-0.1, -0.05) is 11.3 Å². The highest BCUT2D eigenvalue weighted by Gasteiger charge is 2.15. The van der Waals surface area contributed by atoms with Gasteiger partial charge in [0.25, 0.3) is 0 Å². The summed E-state index contributed by atoms with van der Waals surface area (Å²) >= 11 is 1.23. The number of ether oxygens (including phenoxy) is 2. The molecule has 2 aromatic rings. The van der Waals surface area contributed by atoms with E-state index in [-0.39, 0.29) is 4.87 Å². The summed E-state index contributed by atoms with van der Waals surface area (Å²) in [6.45, 7) is 2.49. The van der Waals surface area contributed by atoms with E-state index < -0.39 is 0 Å². The lowest BCUT2D eigenvalue weighted by atomic mass is 10.1. The first-order chi connectivity index (χ1) is 10.3. The lowest BCUT2D eigenvalue weighted by molar-refractivity contribution is 0.171. The Morgan fingerprint density at radius 2 is 2.00 bits per heavy atom. The van der Waals surface area contributed by atoms with Gasteiger partial charge in [0, 0.05) is 17.5 Å². The molecule has 1 aromatic heterocycles. The smallest absolute Gasteiger partial charge is 0.307 e. The summed E-state index contributed by atoms with van der Waals surface area (Å²) in [5, 5.41) is 1.90. The molecule has 6 heteroatoms. The molecule has 1 aromatic carbocycles. The molecule has 0 atom stereocenters. The zero-order chi connectivity index (χ0) is 14.7. The van der Waals surface area contributed by atoms with E-state index in [2.05, 4.69) is 0 Å². The van der Waals surface area contributed by atoms with E-state index in [0.29, 0.717) is 26.3 Å². The number of aromatic nitrogens is 1. The quantitative estimate of drug-likeness (QED) is 0.859. The average molecular weight is 306 g/mol. The van der Waals surface area contributed by atoms with Crippen LogP contribution in [0, 0.1) is 0 Å². The van der Waals surface area contributed by atoms with Crippen LogP contribution in [0.15, 0.2) is 28.4 Å². The standard InChI is InChI=1S/C15H18N2O3S/c16-5-1-2-6-17-12(10-21-15(17)18)11-3-4-13-14(9-11)20-8-7-19-13/h3-4,9-10H,1-2,5-8,16H2. The second kappa shape index (κ2) is 6.32. The summed E-state index contributed by atoms with van der Waals surface area (Å²) < 4.78 is 12.9. The largest absolute Gasteiger partial charge is 0.486 e. The average Bonchev–Trinajstić information content (AvgIpc) is 2.88. The third-order valence-corrected chi connectivity index (χ3v) is 4.22. The molecule has 1 aliphatic rings. The highest BCUT2D eigenvalue weighted by Crippen LogP contribution is 2.34. The zero-order valence-corrected chi connectivity index (χ0v) is 12.5. The van der Waals surface area contributed by atoms with Crippen LogP contribution in [-0.4, -0.2) is 24.3 Å². The summed E-state index contributed by atoms with van der Waals surface area (Å²) in [6, 6.07) is 5.81. The van der Waals surface area contributed by atoms with Crippen molar-refractivity contribution in [2.75, 3.05) is 19.8 Å². The number of thiazole rings is 1. The van der Waals surface area contributed by atoms with Crippen LogP contribution >= 0.6 is 11.3 Å². The Bertz CT molecular complexity index is 678. The summed E-state index contributed by atoms with van der Waals surface area (Å²) in [4.78, 5) is 12.1. The molecule has 0 fully saturated rings. The van der Waals surface area contributed by atoms with Crippen LogP contribution < -0.4 is 20.1 Å². The third-order valence-electron chi connectivity index (χ3n) is 3.46. The number of benzene rings is 1. The number of nitrogens with two attached hydrogens (primary N) is 1. The minimum absolute atomic E-state index is 0.0666. The van der Waals surface area contributed by atoms with Crippen LogP contribution in [0.3, 0.4) is 0 Å². The second-order valence-electron chi connectivity index (χ2n) is 4.89. The van der Waals surface area contributed by atoms with Gasteiger partial charge in [0.15, 0.2) is 11.5 Å². The van der Waals surface area contributed by atoms with E-state index in [0.717, 1.165) is 35.6 Å². The molecule has 5 nitrogen and oxygen atoms in total. The molecule has 0 amide bonds. The Hall–Kier alpha value is -1.79. The van der Waals surface area contributed by atoms with E-state index in [1.165, 1.54) is 11.3 Å². The summed E-state index contributed by atoms with van der Waals surface area (Å²) in [5.41, 5.74) is 7.42. The molecule has 112 valence electrons. The second-order valence-corrected chi connectivity index (χ2v) is 5.71. The summed E-state index contributed by atoms with van der Waals surface area (Å²) in [7, 11) is 0. The molecule has 21 heavy (non-hydrogen) atoms. The predicted molar refractivity (Wildman–Crippen MR) is 83.3 cm³/mol. The molecule has 3 rings (SSSR count). The molecule has 0 saturated heterocycles. The fourth-order valence-corrected chi connectivity index (χ4v) is 3.18. The Labute approximate surface area is 126 Å². The highest BCUT2D eigenvalue weighted by molar-refractivity contribution is 7.07. The molecule has 0 saturated carbocycles. The van der Waals surface area contributed by atoms with Gasteiger partial charge in [-0.2, -0.15) is 0 Å². The fraction of sp³-hybridized carbons (Fsp3) is 0.400. The van der Waals surface area contributed by atoms with Gasteiger partial charge >= 0.3 is 4.87 Å². The SMILES string of the molecule is NCCCCn1c(-c2ccc3c(c2)OCCO3)csc1=O. The Kier molecular flexibility index (Phi) is 4.26. The number of hydrogen-bond donors (Lipinski definition) is 1. The maximum absolute atomic E-state index is 12.0. The van der Waals surface area contributed by atoms with Crippen molar-refractivity contribution >= 4 is 11.3 Å². The van der Waals surface area contributed by atoms with Crippen LogP contribution in [0.5, 0.6) is 11.5 Å². The van der Waals surface area contributed by atoms with Crippen molar-refractivity contribution in [3.05, 3.63) is 33.2 Å². The molecule has 1 aliphatic heterocycles. The van der Waals surface area contributed by atoms with Crippen molar-refractivity contribution in [3.63, 3.8) is 0 Å². The van der Waals surface area contributed by atoms with E-state index >= 15 is 0 Å². The Morgan fingerprint density at radius 1 is 1.19 bits per heavy atom. The van der Waals surface area contributed by atoms with E-state index in [4.69, 9.17) is 15.2 Å². The van der Waals surface area contributed by atoms with Crippen molar-refractivity contribution < 1.29 is 9.47 Å². The first kappa shape index (κ1) is 14.2. The van der Waals surface area contributed by atoms with Gasteiger partial charge in [0.2, 0.25) is 0 Å². The van der Waals surface area contributed by atoms with E-state index in [9.17, 15) is 4.79 Å². The number of fused-ring (bicyclic) bond motifs is 1. The Morgan fingerprint density at radius 3 is 2.81 bits per heavy atom. The van der Waals surface area contributed by atoms with Gasteiger partial charge in [0.05, 0.1) is 5.69 Å². The minimum atomic E-state index is 0.0666. The van der Waals surface area contributed by atoms with Crippen molar-refractivity contribution in [1.29, 1.82) is 0 Å². The van der Waals surface area contributed by atoms with Gasteiger partial charge < -0.3 is 15.2 Å². The van der Waals surface area contributed by atoms with E-state index in [1.807, 2.05) is 28.1 Å². The lowest BCUT2D eigenvalue weighted by Crippen LogP contribution is -2.16. The molecular formula is C15H18N2O3S. The zero-order valence-electron chi connectivity index (χ0n) is 11.7. The Balaban J connectivity index is 1.91. The molecule has 2 heterocycles. The van der Waals surface area contributed by atoms with Crippen LogP contribution in [0.4, 0.5) is 0 Å². The van der Waals surface area contributed by atoms with Crippen LogP contribution in [0.1, 0.15) is 12.8 Å². The third kappa shape index (κ3) is 2.96. The topological polar surface area (TPSA) is 66.5 Å². The van der Waals surface area contributed by atoms with E-state index in [1.54, 1.807) is 0 Å². The van der Waals surface area contributed by atoms with Crippen LogP contribution in [0.25, 0.3) is 11.3 Å². The van der Waals surface area contributed by atoms with Crippen molar-refractivity contribution in [2.24, 2.45) is 5.73 Å². The molecule has 0 bridgehead atoms. The van der Waals surface area contributed by atoms with Gasteiger partial charge in [-0.3, -0.25) is 9.36 Å². The van der Waals surface area contributed by atoms with Gasteiger partial charge in [-0.25, -0.2) is 0 Å². The number of hydrogen-bond acceptors (Lipinski definition) is 5. The molecule has 2 N–H and O–H groups in total. The molecule has 0 spiro atoms. The lowest BCUT2D eigenvalue weighted by Gasteiger charge is -2.19. The van der Waals surface area contributed by atoms with Gasteiger partial charge in [-0.05, 0) is 37.6 Å². The van der Waals surface area contributed by atoms with Crippen molar-refractivity contribution in [1.82, 2.24) is 4.57 Å². The minimum Gasteiger partial charge on any atom is -0.486 e. The maximum Gasteiger partial charge on any atom is 0.307 e. The monoisotopic (exact) mass is 306 g/mol. The van der Waals surface area contributed by atoms with Crippen LogP contribution in [-0.2, 0) is 6.54 Å². The first-order valence-corrected chi connectivity index (χ1v) is 7.96. The fourth-order valence-electron chi connectivity index (χ4n) is 2.38. The maximum atomic E-state index is 12.0. The van der Waals surface area contributed by atoms with Gasteiger partial charge in [0.1, 0.15) is 13.2 Å². The molecule has 0 radical (unpaired) electrons. The number of nitrogens with zero attached hydrogens (tertiary/aromatic N) is 1. The molecule has 0 unspecified atom stereocenters. The van der Waals surface area contributed by atoms with Gasteiger partial charge in [-0.15, -0.1) is 0 Å². The first-order valence-electron chi connectivity index (χ1n) is 7.08. The summed E-state index contributed by atoms with van der Waals surface area (Å²) in [6.07, 6.45) is 1.83. The summed E-state index contributed by atoms with van der Waals surface area (Å²) in [5.74, 6) is 1.50. The number of rotatable bonds is 5.